The molecule has 1 fully saturated rings. The second kappa shape index (κ2) is 5.39. The Hall–Kier alpha value is -0.900. The van der Waals surface area contributed by atoms with Crippen LogP contribution in [0.25, 0.3) is 0 Å². The molecular weight excluding hydrogens is 297 g/mol. The first-order chi connectivity index (χ1) is 8.50. The third-order valence-corrected chi connectivity index (χ3v) is 4.42. The van der Waals surface area contributed by atoms with Gasteiger partial charge in [-0.1, -0.05) is 19.9 Å². The van der Waals surface area contributed by atoms with Gasteiger partial charge in [0.1, 0.15) is 5.82 Å². The van der Waals surface area contributed by atoms with E-state index in [0.29, 0.717) is 22.9 Å². The zero-order valence-electron chi connectivity index (χ0n) is 10.6. The summed E-state index contributed by atoms with van der Waals surface area (Å²) in [5, 5.41) is 0. The first-order valence-electron chi connectivity index (χ1n) is 6.24. The molecule has 0 saturated carbocycles. The number of hydrogen-bond donors (Lipinski definition) is 0. The minimum Gasteiger partial charge on any atom is -0.338 e. The van der Waals surface area contributed by atoms with Crippen molar-refractivity contribution in [1.29, 1.82) is 0 Å². The molecule has 2 unspecified atom stereocenters. The lowest BCUT2D eigenvalue weighted by Crippen LogP contribution is -2.42. The van der Waals surface area contributed by atoms with E-state index in [0.717, 1.165) is 13.0 Å². The van der Waals surface area contributed by atoms with E-state index in [2.05, 4.69) is 29.8 Å². The number of carbonyl (C=O) groups is 1. The van der Waals surface area contributed by atoms with Crippen LogP contribution < -0.4 is 0 Å². The molecule has 1 aliphatic rings. The van der Waals surface area contributed by atoms with Crippen LogP contribution in [0.15, 0.2) is 22.7 Å². The van der Waals surface area contributed by atoms with Crippen LogP contribution in [-0.2, 0) is 0 Å². The fraction of sp³-hybridized carbons (Fsp3) is 0.500. The molecule has 2 nitrogen and oxygen atoms in total. The van der Waals surface area contributed by atoms with Gasteiger partial charge < -0.3 is 4.90 Å². The summed E-state index contributed by atoms with van der Waals surface area (Å²) in [4.78, 5) is 14.0. The average Bonchev–Trinajstić information content (AvgIpc) is 2.35. The smallest absolute Gasteiger partial charge is 0.256 e. The van der Waals surface area contributed by atoms with Crippen molar-refractivity contribution in [3.8, 4) is 0 Å². The number of piperidine rings is 1. The highest BCUT2D eigenvalue weighted by Crippen LogP contribution is 2.25. The maximum absolute atomic E-state index is 13.9. The van der Waals surface area contributed by atoms with Gasteiger partial charge in [-0.3, -0.25) is 4.79 Å². The normalized spacial score (nSPS) is 24.1. The van der Waals surface area contributed by atoms with Crippen LogP contribution in [-0.4, -0.2) is 23.9 Å². The topological polar surface area (TPSA) is 20.3 Å². The van der Waals surface area contributed by atoms with E-state index < -0.39 is 5.82 Å². The van der Waals surface area contributed by atoms with Crippen LogP contribution in [0.1, 0.15) is 30.6 Å². The van der Waals surface area contributed by atoms with Gasteiger partial charge in [0.25, 0.3) is 5.91 Å². The van der Waals surface area contributed by atoms with Crippen LogP contribution in [0.4, 0.5) is 4.39 Å². The summed E-state index contributed by atoms with van der Waals surface area (Å²) in [6.45, 7) is 5.77. The number of halogens is 2. The molecule has 1 aliphatic heterocycles. The molecule has 0 radical (unpaired) electrons. The number of nitrogens with zero attached hydrogens (tertiary/aromatic N) is 1. The molecular formula is C14H17BrFNO. The van der Waals surface area contributed by atoms with Crippen LogP contribution in [0.5, 0.6) is 0 Å². The van der Waals surface area contributed by atoms with Crippen molar-refractivity contribution in [2.75, 3.05) is 13.1 Å². The van der Waals surface area contributed by atoms with Gasteiger partial charge in [0.15, 0.2) is 0 Å². The number of hydrogen-bond acceptors (Lipinski definition) is 1. The molecule has 0 aliphatic carbocycles. The number of carbonyl (C=O) groups excluding carboxylic acids is 1. The number of amides is 1. The van der Waals surface area contributed by atoms with Gasteiger partial charge in [0, 0.05) is 13.1 Å². The first kappa shape index (κ1) is 13.5. The molecule has 2 rings (SSSR count). The van der Waals surface area contributed by atoms with E-state index in [1.807, 2.05) is 0 Å². The third kappa shape index (κ3) is 2.58. The largest absolute Gasteiger partial charge is 0.338 e. The molecule has 18 heavy (non-hydrogen) atoms. The molecule has 1 aromatic rings. The lowest BCUT2D eigenvalue weighted by Gasteiger charge is -2.35. The summed E-state index contributed by atoms with van der Waals surface area (Å²) in [5.74, 6) is 0.431. The molecule has 4 heteroatoms. The number of benzene rings is 1. The van der Waals surface area contributed by atoms with Gasteiger partial charge >= 0.3 is 0 Å². The van der Waals surface area contributed by atoms with Gasteiger partial charge in [-0.15, -0.1) is 0 Å². The lowest BCUT2D eigenvalue weighted by molar-refractivity contribution is 0.0622. The Labute approximate surface area is 115 Å². The minimum absolute atomic E-state index is 0.158. The summed E-state index contributed by atoms with van der Waals surface area (Å²) in [6.07, 6.45) is 0.989. The van der Waals surface area contributed by atoms with E-state index in [1.54, 1.807) is 23.1 Å². The van der Waals surface area contributed by atoms with Gasteiger partial charge in [-0.05, 0) is 46.3 Å². The summed E-state index contributed by atoms with van der Waals surface area (Å²) in [6, 6.07) is 4.84. The summed E-state index contributed by atoms with van der Waals surface area (Å²) in [7, 11) is 0. The van der Waals surface area contributed by atoms with E-state index >= 15 is 0 Å². The van der Waals surface area contributed by atoms with Crippen molar-refractivity contribution >= 4 is 21.8 Å². The standard InChI is InChI=1S/C14H17BrFNO/c1-9-6-7-17(8-10(9)2)14(18)11-4-3-5-12(15)13(11)16/h3-5,9-10H,6-8H2,1-2H3. The van der Waals surface area contributed by atoms with Gasteiger partial charge in [-0.2, -0.15) is 0 Å². The van der Waals surface area contributed by atoms with Crippen molar-refractivity contribution in [1.82, 2.24) is 4.90 Å². The predicted molar refractivity (Wildman–Crippen MR) is 72.9 cm³/mol. The van der Waals surface area contributed by atoms with Crippen LogP contribution >= 0.6 is 15.9 Å². The van der Waals surface area contributed by atoms with Gasteiger partial charge in [0.05, 0.1) is 10.0 Å². The molecule has 0 aromatic heterocycles. The van der Waals surface area contributed by atoms with Gasteiger partial charge in [0.2, 0.25) is 0 Å². The highest BCUT2D eigenvalue weighted by Gasteiger charge is 2.28. The molecule has 1 saturated heterocycles. The SMILES string of the molecule is CC1CCN(C(=O)c2cccc(Br)c2F)CC1C. The zero-order valence-corrected chi connectivity index (χ0v) is 12.2. The summed E-state index contributed by atoms with van der Waals surface area (Å²) < 4.78 is 14.2. The van der Waals surface area contributed by atoms with E-state index in [1.165, 1.54) is 0 Å². The van der Waals surface area contributed by atoms with E-state index in [4.69, 9.17) is 0 Å². The van der Waals surface area contributed by atoms with Gasteiger partial charge in [-0.25, -0.2) is 4.39 Å². The second-order valence-electron chi connectivity index (χ2n) is 5.10. The third-order valence-electron chi connectivity index (χ3n) is 3.80. The molecule has 1 aromatic carbocycles. The minimum atomic E-state index is -0.464. The summed E-state index contributed by atoms with van der Waals surface area (Å²) >= 11 is 3.11. The van der Waals surface area contributed by atoms with Crippen molar-refractivity contribution in [2.24, 2.45) is 11.8 Å². The van der Waals surface area contributed by atoms with Crippen molar-refractivity contribution in [2.45, 2.75) is 20.3 Å². The lowest BCUT2D eigenvalue weighted by atomic mass is 9.88. The molecule has 0 spiro atoms. The van der Waals surface area contributed by atoms with Crippen molar-refractivity contribution < 1.29 is 9.18 Å². The van der Waals surface area contributed by atoms with E-state index in [9.17, 15) is 9.18 Å². The van der Waals surface area contributed by atoms with Crippen LogP contribution in [0.3, 0.4) is 0 Å². The Balaban J connectivity index is 2.19. The number of rotatable bonds is 1. The molecule has 98 valence electrons. The van der Waals surface area contributed by atoms with Crippen molar-refractivity contribution in [3.63, 3.8) is 0 Å². The first-order valence-corrected chi connectivity index (χ1v) is 7.03. The Kier molecular flexibility index (Phi) is 4.05. The second-order valence-corrected chi connectivity index (χ2v) is 5.95. The average molecular weight is 314 g/mol. The fourth-order valence-electron chi connectivity index (χ4n) is 2.29. The monoisotopic (exact) mass is 313 g/mol. The predicted octanol–water partition coefficient (Wildman–Crippen LogP) is 3.71. The van der Waals surface area contributed by atoms with Crippen LogP contribution in [0, 0.1) is 17.7 Å². The maximum Gasteiger partial charge on any atom is 0.256 e. The highest BCUT2D eigenvalue weighted by molar-refractivity contribution is 9.10. The van der Waals surface area contributed by atoms with Crippen molar-refractivity contribution in [3.05, 3.63) is 34.1 Å². The molecule has 0 N–H and O–H groups in total. The Morgan fingerprint density at radius 2 is 2.11 bits per heavy atom. The van der Waals surface area contributed by atoms with E-state index in [-0.39, 0.29) is 11.5 Å². The number of likely N-dealkylation sites (tertiary alicyclic amines) is 1. The Bertz CT molecular complexity index is 463. The molecule has 1 amide bonds. The Morgan fingerprint density at radius 3 is 2.78 bits per heavy atom. The van der Waals surface area contributed by atoms with Crippen LogP contribution in [0.2, 0.25) is 0 Å². The molecule has 0 bridgehead atoms. The molecule has 2 atom stereocenters. The maximum atomic E-state index is 13.9. The summed E-state index contributed by atoms with van der Waals surface area (Å²) in [5.41, 5.74) is 0.158. The highest BCUT2D eigenvalue weighted by atomic mass is 79.9. The molecule has 1 heterocycles. The zero-order chi connectivity index (χ0) is 13.3. The quantitative estimate of drug-likeness (QED) is 0.774. The fourth-order valence-corrected chi connectivity index (χ4v) is 2.65. The Morgan fingerprint density at radius 1 is 1.39 bits per heavy atom.